The average molecular weight is 298 g/mol. The van der Waals surface area contributed by atoms with E-state index in [9.17, 15) is 9.59 Å². The first-order valence-electron chi connectivity index (χ1n) is 6.68. The molecule has 4 nitrogen and oxygen atoms in total. The van der Waals surface area contributed by atoms with E-state index in [-0.39, 0.29) is 16.5 Å². The number of hydrogen-bond acceptors (Lipinski definition) is 3. The van der Waals surface area contributed by atoms with Gasteiger partial charge in [0.2, 0.25) is 5.91 Å². The van der Waals surface area contributed by atoms with Gasteiger partial charge in [0.1, 0.15) is 5.56 Å². The van der Waals surface area contributed by atoms with Crippen LogP contribution in [0.3, 0.4) is 0 Å². The van der Waals surface area contributed by atoms with Crippen molar-refractivity contribution in [2.45, 2.75) is 39.5 Å². The Hall–Kier alpha value is -1.55. The fraction of sp³-hybridized carbons (Fsp3) is 0.467. The van der Waals surface area contributed by atoms with Gasteiger partial charge in [-0.3, -0.25) is 4.79 Å². The fourth-order valence-corrected chi connectivity index (χ4v) is 2.12. The molecule has 0 saturated heterocycles. The van der Waals surface area contributed by atoms with E-state index < -0.39 is 5.97 Å². The second-order valence-corrected chi connectivity index (χ2v) is 5.02. The van der Waals surface area contributed by atoms with E-state index in [0.29, 0.717) is 12.1 Å². The molecule has 0 aliphatic heterocycles. The molecule has 0 radical (unpaired) electrons. The van der Waals surface area contributed by atoms with Crippen LogP contribution in [-0.4, -0.2) is 19.0 Å². The summed E-state index contributed by atoms with van der Waals surface area (Å²) >= 11 is 6.03. The molecule has 1 aromatic rings. The molecule has 0 saturated carbocycles. The first kappa shape index (κ1) is 16.5. The summed E-state index contributed by atoms with van der Waals surface area (Å²) in [5.41, 5.74) is 1.42. The van der Waals surface area contributed by atoms with Gasteiger partial charge in [0.15, 0.2) is 0 Å². The number of ether oxygens (including phenoxy) is 1. The van der Waals surface area contributed by atoms with Gasteiger partial charge < -0.3 is 10.1 Å². The van der Waals surface area contributed by atoms with E-state index in [4.69, 9.17) is 16.3 Å². The molecular weight excluding hydrogens is 278 g/mol. The Kier molecular flexibility index (Phi) is 6.52. The highest BCUT2D eigenvalue weighted by atomic mass is 35.5. The van der Waals surface area contributed by atoms with E-state index in [2.05, 4.69) is 12.2 Å². The number of unbranched alkanes of at least 4 members (excludes halogenated alkanes) is 2. The van der Waals surface area contributed by atoms with Crippen LogP contribution in [0.5, 0.6) is 0 Å². The van der Waals surface area contributed by atoms with Crippen molar-refractivity contribution in [3.63, 3.8) is 0 Å². The Balaban J connectivity index is 2.96. The van der Waals surface area contributed by atoms with Crippen LogP contribution in [0.2, 0.25) is 5.02 Å². The molecule has 0 bridgehead atoms. The maximum absolute atomic E-state index is 11.9. The van der Waals surface area contributed by atoms with Gasteiger partial charge in [0.25, 0.3) is 0 Å². The lowest BCUT2D eigenvalue weighted by molar-refractivity contribution is -0.116. The first-order valence-corrected chi connectivity index (χ1v) is 7.06. The average Bonchev–Trinajstić information content (AvgIpc) is 2.42. The Bertz CT molecular complexity index is 500. The van der Waals surface area contributed by atoms with Crippen LogP contribution in [0.15, 0.2) is 12.1 Å². The minimum absolute atomic E-state index is 0.117. The smallest absolute Gasteiger partial charge is 0.341 e. The number of carbonyl (C=O) groups excluding carboxylic acids is 2. The summed E-state index contributed by atoms with van der Waals surface area (Å²) < 4.78 is 4.72. The topological polar surface area (TPSA) is 55.4 Å². The number of hydrogen-bond donors (Lipinski definition) is 1. The standard InChI is InChI=1S/C15H20ClNO3/c1-4-5-6-7-12(18)17-14-10(2)8-9-11(16)13(14)15(19)20-3/h8-9H,4-7H2,1-3H3,(H,17,18). The summed E-state index contributed by atoms with van der Waals surface area (Å²) in [4.78, 5) is 23.7. The molecule has 0 heterocycles. The minimum Gasteiger partial charge on any atom is -0.465 e. The van der Waals surface area contributed by atoms with Gasteiger partial charge in [-0.15, -0.1) is 0 Å². The van der Waals surface area contributed by atoms with Gasteiger partial charge in [-0.2, -0.15) is 0 Å². The molecule has 1 N–H and O–H groups in total. The molecule has 0 aromatic heterocycles. The van der Waals surface area contributed by atoms with Gasteiger partial charge in [-0.05, 0) is 25.0 Å². The normalized spacial score (nSPS) is 10.2. The monoisotopic (exact) mass is 297 g/mol. The van der Waals surface area contributed by atoms with Crippen LogP contribution < -0.4 is 5.32 Å². The second kappa shape index (κ2) is 7.90. The molecule has 1 aromatic carbocycles. The van der Waals surface area contributed by atoms with Crippen molar-refractivity contribution in [1.29, 1.82) is 0 Å². The quantitative estimate of drug-likeness (QED) is 0.639. The van der Waals surface area contributed by atoms with Crippen LogP contribution >= 0.6 is 11.6 Å². The SMILES string of the molecule is CCCCCC(=O)Nc1c(C)ccc(Cl)c1C(=O)OC. The lowest BCUT2D eigenvalue weighted by Crippen LogP contribution is -2.16. The molecule has 0 fully saturated rings. The zero-order valence-corrected chi connectivity index (χ0v) is 12.8. The lowest BCUT2D eigenvalue weighted by Gasteiger charge is -2.14. The maximum Gasteiger partial charge on any atom is 0.341 e. The lowest BCUT2D eigenvalue weighted by atomic mass is 10.1. The van der Waals surface area contributed by atoms with Crippen molar-refractivity contribution in [3.05, 3.63) is 28.3 Å². The Morgan fingerprint density at radius 2 is 2.00 bits per heavy atom. The van der Waals surface area contributed by atoms with Crippen LogP contribution in [0, 0.1) is 6.92 Å². The molecular formula is C15H20ClNO3. The van der Waals surface area contributed by atoms with Crippen molar-refractivity contribution >= 4 is 29.2 Å². The number of amides is 1. The molecule has 20 heavy (non-hydrogen) atoms. The molecule has 0 spiro atoms. The summed E-state index contributed by atoms with van der Waals surface area (Å²) in [5, 5.41) is 3.04. The number of anilines is 1. The molecule has 0 atom stereocenters. The highest BCUT2D eigenvalue weighted by molar-refractivity contribution is 6.34. The van der Waals surface area contributed by atoms with Gasteiger partial charge in [-0.25, -0.2) is 4.79 Å². The third-order valence-electron chi connectivity index (χ3n) is 3.02. The van der Waals surface area contributed by atoms with Crippen LogP contribution in [-0.2, 0) is 9.53 Å². The predicted octanol–water partition coefficient (Wildman–Crippen LogP) is 3.95. The van der Waals surface area contributed by atoms with E-state index in [1.54, 1.807) is 12.1 Å². The molecule has 1 amide bonds. The van der Waals surface area contributed by atoms with Crippen LogP contribution in [0.1, 0.15) is 48.5 Å². The number of aryl methyl sites for hydroxylation is 1. The van der Waals surface area contributed by atoms with Crippen LogP contribution in [0.25, 0.3) is 0 Å². The zero-order chi connectivity index (χ0) is 15.1. The van der Waals surface area contributed by atoms with E-state index >= 15 is 0 Å². The molecule has 110 valence electrons. The maximum atomic E-state index is 11.9. The van der Waals surface area contributed by atoms with E-state index in [1.165, 1.54) is 7.11 Å². The number of carbonyl (C=O) groups is 2. The highest BCUT2D eigenvalue weighted by Crippen LogP contribution is 2.29. The van der Waals surface area contributed by atoms with Crippen molar-refractivity contribution in [3.8, 4) is 0 Å². The van der Waals surface area contributed by atoms with Crippen LogP contribution in [0.4, 0.5) is 5.69 Å². The third-order valence-corrected chi connectivity index (χ3v) is 3.34. The number of methoxy groups -OCH3 is 1. The third kappa shape index (κ3) is 4.23. The van der Waals surface area contributed by atoms with Gasteiger partial charge in [0, 0.05) is 6.42 Å². The number of benzene rings is 1. The highest BCUT2D eigenvalue weighted by Gasteiger charge is 2.19. The van der Waals surface area contributed by atoms with Crippen molar-refractivity contribution in [1.82, 2.24) is 0 Å². The summed E-state index contributed by atoms with van der Waals surface area (Å²) in [5.74, 6) is -0.670. The molecule has 0 aliphatic carbocycles. The summed E-state index contributed by atoms with van der Waals surface area (Å²) in [6.07, 6.45) is 3.32. The number of esters is 1. The van der Waals surface area contributed by atoms with Gasteiger partial charge in [-0.1, -0.05) is 37.4 Å². The predicted molar refractivity (Wildman–Crippen MR) is 80.3 cm³/mol. The number of halogens is 1. The van der Waals surface area contributed by atoms with Crippen molar-refractivity contribution < 1.29 is 14.3 Å². The zero-order valence-electron chi connectivity index (χ0n) is 12.1. The Labute approximate surface area is 124 Å². The van der Waals surface area contributed by atoms with Crippen molar-refractivity contribution in [2.24, 2.45) is 0 Å². The van der Waals surface area contributed by atoms with Gasteiger partial charge in [0.05, 0.1) is 17.8 Å². The Morgan fingerprint density at radius 3 is 2.60 bits per heavy atom. The number of rotatable bonds is 6. The molecule has 0 aliphatic rings. The summed E-state index contributed by atoms with van der Waals surface area (Å²) in [7, 11) is 1.29. The summed E-state index contributed by atoms with van der Waals surface area (Å²) in [6, 6.07) is 3.38. The number of nitrogens with one attached hydrogen (secondary N) is 1. The molecule has 0 unspecified atom stereocenters. The second-order valence-electron chi connectivity index (χ2n) is 4.61. The minimum atomic E-state index is -0.553. The van der Waals surface area contributed by atoms with E-state index in [0.717, 1.165) is 24.8 Å². The molecule has 5 heteroatoms. The summed E-state index contributed by atoms with van der Waals surface area (Å²) in [6.45, 7) is 3.89. The molecule has 1 rings (SSSR count). The first-order chi connectivity index (χ1) is 9.51. The van der Waals surface area contributed by atoms with E-state index in [1.807, 2.05) is 6.92 Å². The fourth-order valence-electron chi connectivity index (χ4n) is 1.88. The largest absolute Gasteiger partial charge is 0.465 e. The Morgan fingerprint density at radius 1 is 1.30 bits per heavy atom. The van der Waals surface area contributed by atoms with Gasteiger partial charge >= 0.3 is 5.97 Å². The van der Waals surface area contributed by atoms with Crippen molar-refractivity contribution in [2.75, 3.05) is 12.4 Å².